The lowest BCUT2D eigenvalue weighted by molar-refractivity contribution is 0.0599. The minimum absolute atomic E-state index is 0.0407. The molecule has 2 aliphatic rings. The Morgan fingerprint density at radius 2 is 2.14 bits per heavy atom. The molecule has 1 atom stereocenters. The highest BCUT2D eigenvalue weighted by Crippen LogP contribution is 2.31. The molecule has 1 unspecified atom stereocenters. The molecule has 0 bridgehead atoms. The van der Waals surface area contributed by atoms with Crippen LogP contribution in [0.1, 0.15) is 52.7 Å². The molecule has 2 aromatic rings. The average molecular weight is 423 g/mol. The van der Waals surface area contributed by atoms with Gasteiger partial charge in [-0.05, 0) is 30.7 Å². The maximum Gasteiger partial charge on any atom is 0.255 e. The van der Waals surface area contributed by atoms with Gasteiger partial charge < -0.3 is 9.88 Å². The fourth-order valence-corrected chi connectivity index (χ4v) is 5.29. The first-order chi connectivity index (χ1) is 13.3. The maximum atomic E-state index is 12.9. The van der Waals surface area contributed by atoms with Gasteiger partial charge in [0, 0.05) is 31.4 Å². The van der Waals surface area contributed by atoms with Crippen LogP contribution in [0.15, 0.2) is 21.6 Å². The van der Waals surface area contributed by atoms with E-state index in [4.69, 9.17) is 0 Å². The second kappa shape index (κ2) is 7.41. The smallest absolute Gasteiger partial charge is 0.255 e. The first kappa shape index (κ1) is 19.3. The van der Waals surface area contributed by atoms with Gasteiger partial charge in [0.25, 0.3) is 11.5 Å². The summed E-state index contributed by atoms with van der Waals surface area (Å²) in [5.41, 5.74) is 1.36. The Morgan fingerprint density at radius 3 is 2.86 bits per heavy atom. The number of fused-ring (bicyclic) bond motifs is 1. The number of aromatic nitrogens is 2. The number of hydrogen-bond acceptors (Lipinski definition) is 6. The van der Waals surface area contributed by atoms with E-state index in [0.29, 0.717) is 42.2 Å². The number of sulfonamides is 1. The molecule has 150 valence electrons. The van der Waals surface area contributed by atoms with Crippen LogP contribution in [-0.4, -0.2) is 52.8 Å². The second-order valence-electron chi connectivity index (χ2n) is 7.25. The Morgan fingerprint density at radius 1 is 1.32 bits per heavy atom. The molecule has 0 aromatic carbocycles. The SMILES string of the molecule is CS(=O)(=O)N1CCc2nc(C3CCCCN3C(=O)c3ccsc3)[nH]c(=O)c2C1. The van der Waals surface area contributed by atoms with Gasteiger partial charge in [-0.2, -0.15) is 15.6 Å². The zero-order chi connectivity index (χ0) is 19.9. The van der Waals surface area contributed by atoms with Gasteiger partial charge in [-0.25, -0.2) is 13.4 Å². The molecule has 0 aliphatic carbocycles. The van der Waals surface area contributed by atoms with Crippen LogP contribution < -0.4 is 5.56 Å². The summed E-state index contributed by atoms with van der Waals surface area (Å²) in [5, 5.41) is 3.70. The Kier molecular flexibility index (Phi) is 5.11. The first-order valence-electron chi connectivity index (χ1n) is 9.25. The summed E-state index contributed by atoms with van der Waals surface area (Å²) in [4.78, 5) is 34.9. The highest BCUT2D eigenvalue weighted by Gasteiger charge is 2.33. The van der Waals surface area contributed by atoms with E-state index < -0.39 is 10.0 Å². The zero-order valence-electron chi connectivity index (χ0n) is 15.6. The fourth-order valence-electron chi connectivity index (χ4n) is 3.87. The van der Waals surface area contributed by atoms with Crippen LogP contribution in [0.25, 0.3) is 0 Å². The summed E-state index contributed by atoms with van der Waals surface area (Å²) < 4.78 is 24.9. The van der Waals surface area contributed by atoms with Crippen molar-refractivity contribution in [3.8, 4) is 0 Å². The number of aromatic amines is 1. The molecule has 10 heteroatoms. The summed E-state index contributed by atoms with van der Waals surface area (Å²) in [6.45, 7) is 0.977. The fraction of sp³-hybridized carbons (Fsp3) is 0.500. The van der Waals surface area contributed by atoms with E-state index in [1.54, 1.807) is 4.90 Å². The monoisotopic (exact) mass is 422 g/mol. The van der Waals surface area contributed by atoms with Crippen molar-refractivity contribution in [2.75, 3.05) is 19.3 Å². The average Bonchev–Trinajstić information content (AvgIpc) is 3.21. The molecule has 2 aromatic heterocycles. The van der Waals surface area contributed by atoms with Gasteiger partial charge in [0.2, 0.25) is 10.0 Å². The third kappa shape index (κ3) is 3.63. The molecule has 1 N–H and O–H groups in total. The lowest BCUT2D eigenvalue weighted by Crippen LogP contribution is -2.42. The molecule has 0 spiro atoms. The van der Waals surface area contributed by atoms with Crippen LogP contribution in [0, 0.1) is 0 Å². The molecule has 1 amide bonds. The quantitative estimate of drug-likeness (QED) is 0.808. The van der Waals surface area contributed by atoms with E-state index in [9.17, 15) is 18.0 Å². The summed E-state index contributed by atoms with van der Waals surface area (Å²) in [6, 6.07) is 1.54. The number of carbonyl (C=O) groups is 1. The van der Waals surface area contributed by atoms with Gasteiger partial charge in [-0.1, -0.05) is 0 Å². The minimum atomic E-state index is -3.36. The van der Waals surface area contributed by atoms with Crippen molar-refractivity contribution in [1.82, 2.24) is 19.2 Å². The number of nitrogens with zero attached hydrogens (tertiary/aromatic N) is 3. The van der Waals surface area contributed by atoms with Crippen molar-refractivity contribution in [3.63, 3.8) is 0 Å². The highest BCUT2D eigenvalue weighted by molar-refractivity contribution is 7.88. The molecule has 2 aliphatic heterocycles. The van der Waals surface area contributed by atoms with Crippen LogP contribution in [0.5, 0.6) is 0 Å². The number of hydrogen-bond donors (Lipinski definition) is 1. The topological polar surface area (TPSA) is 103 Å². The van der Waals surface area contributed by atoms with Crippen LogP contribution in [0.3, 0.4) is 0 Å². The zero-order valence-corrected chi connectivity index (χ0v) is 17.2. The lowest BCUT2D eigenvalue weighted by atomic mass is 9.99. The predicted octanol–water partition coefficient (Wildman–Crippen LogP) is 1.52. The van der Waals surface area contributed by atoms with E-state index >= 15 is 0 Å². The molecule has 0 radical (unpaired) electrons. The van der Waals surface area contributed by atoms with Crippen LogP contribution in [0.4, 0.5) is 0 Å². The van der Waals surface area contributed by atoms with Gasteiger partial charge in [-0.3, -0.25) is 9.59 Å². The predicted molar refractivity (Wildman–Crippen MR) is 106 cm³/mol. The van der Waals surface area contributed by atoms with Gasteiger partial charge in [0.1, 0.15) is 5.82 Å². The van der Waals surface area contributed by atoms with E-state index in [2.05, 4.69) is 9.97 Å². The largest absolute Gasteiger partial charge is 0.328 e. The Labute approximate surface area is 167 Å². The Hall–Kier alpha value is -2.04. The molecule has 1 saturated heterocycles. The van der Waals surface area contributed by atoms with E-state index in [1.807, 2.05) is 16.8 Å². The second-order valence-corrected chi connectivity index (χ2v) is 10.0. The third-order valence-corrected chi connectivity index (χ3v) is 7.30. The molecule has 4 rings (SSSR count). The van der Waals surface area contributed by atoms with Crippen molar-refractivity contribution >= 4 is 27.3 Å². The van der Waals surface area contributed by atoms with Crippen molar-refractivity contribution in [3.05, 3.63) is 49.8 Å². The van der Waals surface area contributed by atoms with Gasteiger partial charge in [0.05, 0.1) is 29.1 Å². The van der Waals surface area contributed by atoms with Crippen LogP contribution in [0.2, 0.25) is 0 Å². The highest BCUT2D eigenvalue weighted by atomic mass is 32.2. The number of nitrogens with one attached hydrogen (secondary N) is 1. The molecule has 28 heavy (non-hydrogen) atoms. The van der Waals surface area contributed by atoms with Crippen molar-refractivity contribution in [1.29, 1.82) is 0 Å². The molecular weight excluding hydrogens is 400 g/mol. The van der Waals surface area contributed by atoms with Crippen molar-refractivity contribution < 1.29 is 13.2 Å². The summed E-state index contributed by atoms with van der Waals surface area (Å²) >= 11 is 1.48. The molecule has 8 nitrogen and oxygen atoms in total. The van der Waals surface area contributed by atoms with Crippen LogP contribution in [-0.2, 0) is 23.0 Å². The molecule has 0 saturated carbocycles. The first-order valence-corrected chi connectivity index (χ1v) is 12.0. The molecule has 1 fully saturated rings. The molecule has 4 heterocycles. The summed E-state index contributed by atoms with van der Waals surface area (Å²) in [7, 11) is -3.36. The van der Waals surface area contributed by atoms with Gasteiger partial charge >= 0.3 is 0 Å². The lowest BCUT2D eigenvalue weighted by Gasteiger charge is -2.35. The number of amides is 1. The Bertz CT molecular complexity index is 1050. The van der Waals surface area contributed by atoms with E-state index in [-0.39, 0.29) is 24.1 Å². The van der Waals surface area contributed by atoms with E-state index in [0.717, 1.165) is 25.5 Å². The number of piperidine rings is 1. The normalized spacial score (nSPS) is 20.8. The van der Waals surface area contributed by atoms with Gasteiger partial charge in [-0.15, -0.1) is 0 Å². The summed E-state index contributed by atoms with van der Waals surface area (Å²) in [6.07, 6.45) is 4.16. The number of likely N-dealkylation sites (tertiary alicyclic amines) is 1. The van der Waals surface area contributed by atoms with Crippen LogP contribution >= 0.6 is 11.3 Å². The number of rotatable bonds is 3. The number of thiophene rings is 1. The standard InChI is InChI=1S/C18H22N4O4S2/c1-28(25,26)21-8-5-14-13(10-21)17(23)20-16(19-14)15-4-2-3-7-22(15)18(24)12-6-9-27-11-12/h6,9,11,15H,2-5,7-8,10H2,1H3,(H,19,20,23). The third-order valence-electron chi connectivity index (χ3n) is 5.37. The number of H-pyrrole nitrogens is 1. The Balaban J connectivity index is 1.66. The maximum absolute atomic E-state index is 12.9. The summed E-state index contributed by atoms with van der Waals surface area (Å²) in [5.74, 6) is 0.453. The minimum Gasteiger partial charge on any atom is -0.328 e. The van der Waals surface area contributed by atoms with Crippen molar-refractivity contribution in [2.45, 2.75) is 38.3 Å². The number of carbonyl (C=O) groups excluding carboxylic acids is 1. The van der Waals surface area contributed by atoms with E-state index in [1.165, 1.54) is 15.6 Å². The van der Waals surface area contributed by atoms with Crippen molar-refractivity contribution in [2.24, 2.45) is 0 Å². The molecular formula is C18H22N4O4S2. The van der Waals surface area contributed by atoms with Gasteiger partial charge in [0.15, 0.2) is 0 Å².